The lowest BCUT2D eigenvalue weighted by molar-refractivity contribution is -0.130. The molecule has 2 fully saturated rings. The Hall–Kier alpha value is -11.8. The minimum atomic E-state index is -1.47. The molecule has 6 aromatic carbocycles. The molecule has 5 atom stereocenters. The van der Waals surface area contributed by atoms with E-state index in [4.69, 9.17) is 39.8 Å². The van der Waals surface area contributed by atoms with Crippen molar-refractivity contribution in [2.24, 2.45) is 28.0 Å². The molecule has 6 aromatic rings. The van der Waals surface area contributed by atoms with E-state index in [1.54, 1.807) is 70.3 Å². The Bertz CT molecular complexity index is 4730. The molecule has 13 rings (SSSR count). The number of hydrogen-bond acceptors (Lipinski definition) is 19. The monoisotopic (exact) mass is 1540 g/mol. The van der Waals surface area contributed by atoms with Crippen LogP contribution in [0, 0.1) is 22.7 Å². The van der Waals surface area contributed by atoms with Crippen molar-refractivity contribution in [3.05, 3.63) is 172 Å². The van der Waals surface area contributed by atoms with Crippen LogP contribution < -0.4 is 66.7 Å². The van der Waals surface area contributed by atoms with Crippen LogP contribution in [0.4, 0.5) is 27.5 Å². The Labute approximate surface area is 657 Å². The summed E-state index contributed by atoms with van der Waals surface area (Å²) in [5.41, 5.74) is 22.4. The summed E-state index contributed by atoms with van der Waals surface area (Å²) in [5.74, 6) is -1.88. The van der Waals surface area contributed by atoms with Crippen molar-refractivity contribution in [1.29, 1.82) is 5.41 Å². The van der Waals surface area contributed by atoms with Crippen molar-refractivity contribution >= 4 is 99.2 Å². The number of unbranched alkanes of at least 4 members (excludes halogenated alkanes) is 3. The number of para-hydroxylation sites is 1. The Morgan fingerprint density at radius 1 is 0.726 bits per heavy atom. The van der Waals surface area contributed by atoms with Crippen molar-refractivity contribution in [2.45, 2.75) is 168 Å². The van der Waals surface area contributed by atoms with E-state index in [1.807, 2.05) is 86.8 Å². The molecule has 1 saturated heterocycles. The number of nitrogens with one attached hydrogen (secondary N) is 7. The number of fused-ring (bicyclic) bond motifs is 8. The third-order valence-corrected chi connectivity index (χ3v) is 21.9. The molecule has 6 aliphatic heterocycles. The highest BCUT2D eigenvalue weighted by atomic mass is 16.6. The van der Waals surface area contributed by atoms with Gasteiger partial charge >= 0.3 is 6.09 Å². The minimum Gasteiger partial charge on any atom is -0.493 e. The molecule has 1 unspecified atom stereocenters. The molecule has 28 nitrogen and oxygen atoms in total. The number of aliphatic hydroxyl groups excluding tert-OH is 1. The molecule has 0 aromatic heterocycles. The summed E-state index contributed by atoms with van der Waals surface area (Å²) in [4.78, 5) is 122. The molecule has 6 heterocycles. The maximum atomic E-state index is 14.5. The molecule has 28 heteroatoms. The van der Waals surface area contributed by atoms with Crippen LogP contribution in [0.2, 0.25) is 0 Å². The third-order valence-electron chi connectivity index (χ3n) is 21.9. The fourth-order valence-electron chi connectivity index (χ4n) is 15.5. The van der Waals surface area contributed by atoms with Crippen LogP contribution in [0.3, 0.4) is 0 Å². The highest BCUT2D eigenvalue weighted by Crippen LogP contribution is 2.57. The molecule has 0 bridgehead atoms. The Morgan fingerprint density at radius 2 is 1.42 bits per heavy atom. The second-order valence-electron chi connectivity index (χ2n) is 30.7. The largest absolute Gasteiger partial charge is 0.493 e. The van der Waals surface area contributed by atoms with Gasteiger partial charge in [0.1, 0.15) is 6.61 Å². The van der Waals surface area contributed by atoms with E-state index < -0.39 is 36.2 Å². The van der Waals surface area contributed by atoms with Gasteiger partial charge in [-0.2, -0.15) is 0 Å². The van der Waals surface area contributed by atoms with E-state index in [1.165, 1.54) is 20.3 Å². The predicted molar refractivity (Wildman–Crippen MR) is 427 cm³/mol. The van der Waals surface area contributed by atoms with Crippen molar-refractivity contribution in [3.8, 4) is 23.0 Å². The van der Waals surface area contributed by atoms with Gasteiger partial charge in [-0.1, -0.05) is 99.6 Å². The second kappa shape index (κ2) is 34.9. The number of aliphatic hydroxyl groups is 1. The van der Waals surface area contributed by atoms with Crippen molar-refractivity contribution in [1.82, 2.24) is 41.7 Å². The van der Waals surface area contributed by atoms with Gasteiger partial charge in [0, 0.05) is 105 Å². The molecule has 1 spiro atoms. The number of amides is 7. The second-order valence-corrected chi connectivity index (χ2v) is 30.7. The van der Waals surface area contributed by atoms with Crippen LogP contribution in [-0.2, 0) is 48.4 Å². The summed E-state index contributed by atoms with van der Waals surface area (Å²) < 4.78 is 30.0. The fraction of sp³-hybridized carbons (Fsp3) is 0.412. The van der Waals surface area contributed by atoms with Crippen LogP contribution in [0.5, 0.6) is 23.0 Å². The first-order valence-corrected chi connectivity index (χ1v) is 38.9. The number of rotatable bonds is 31. The molecule has 1 saturated carbocycles. The van der Waals surface area contributed by atoms with E-state index >= 15 is 0 Å². The van der Waals surface area contributed by atoms with E-state index in [-0.39, 0.29) is 126 Å². The molecule has 7 amide bonds. The topological polar surface area (TPSA) is 354 Å². The van der Waals surface area contributed by atoms with Gasteiger partial charge < -0.3 is 75.9 Å². The Balaban J connectivity index is 0.551. The number of hydrazine groups is 2. The quantitative estimate of drug-likeness (QED) is 0.0111. The molecular formula is C85H100N14O14. The van der Waals surface area contributed by atoms with Gasteiger partial charge in [0.25, 0.3) is 11.8 Å². The van der Waals surface area contributed by atoms with Gasteiger partial charge in [-0.05, 0) is 135 Å². The van der Waals surface area contributed by atoms with Crippen molar-refractivity contribution < 1.29 is 67.1 Å². The van der Waals surface area contributed by atoms with Crippen LogP contribution >= 0.6 is 0 Å². The molecular weight excluding hydrogens is 1440 g/mol. The summed E-state index contributed by atoms with van der Waals surface area (Å²) in [5, 5.41) is 33.2. The van der Waals surface area contributed by atoms with Crippen LogP contribution in [0.1, 0.15) is 172 Å². The third kappa shape index (κ3) is 17.9. The minimum absolute atomic E-state index is 0.0108. The average Bonchev–Trinajstić information content (AvgIpc) is 1.57. The summed E-state index contributed by atoms with van der Waals surface area (Å²) >= 11 is 0. The van der Waals surface area contributed by atoms with Crippen molar-refractivity contribution in [3.63, 3.8) is 0 Å². The summed E-state index contributed by atoms with van der Waals surface area (Å²) in [7, 11) is 2.98. The number of benzene rings is 6. The number of carbonyl (C=O) groups is 8. The average molecular weight is 1540 g/mol. The Morgan fingerprint density at radius 3 is 2.12 bits per heavy atom. The lowest BCUT2D eigenvalue weighted by Gasteiger charge is -2.31. The number of Topliss-reactive ketones (excluding diaryl/α,β-unsaturated/α-hetero) is 1. The smallest absolute Gasteiger partial charge is 0.416 e. The molecule has 1 aliphatic carbocycles. The van der Waals surface area contributed by atoms with Crippen LogP contribution in [-0.4, -0.2) is 150 Å². The van der Waals surface area contributed by atoms with Gasteiger partial charge in [-0.25, -0.2) is 9.69 Å². The number of carbonyl (C=O) groups excluding carboxylic acids is 8. The number of guanidine groups is 1. The normalized spacial score (nSPS) is 18.0. The number of ether oxygens (including phenoxy) is 5. The Kier molecular flexibility index (Phi) is 24.5. The number of nitrogens with two attached hydrogens (primary N) is 1. The standard InChI is InChI=1S/C85H100N14O14/c1-50(2)76(92-74(102)21-13-14-34-88-73(101)30-31-75(103)96-46-56-17-9-10-18-60(56)78-77(93-94-99(78)51(3)4)61-19-11-12-20-65(61)96)68(100)37-52(5)79(104)91-58-28-24-54(25-29-58)48-113-84(108)98-66-42-72(70(110-7)40-63(66)81(106)97-49-85(32-33-85)43-67(97)82(98)107)112-36-16-8-15-35-111-71-41-64-62(39-69(71)109-6)80(105)95-47-57(38-59(95)45-89-64)55-26-22-53(23-27-55)44-90-83(86)87/h9-12,17-20,22-29,39-42,45,47,50-52,59,67,76,82,93-94,107H,8,13-16,21,30-38,43-44,46,48-49H2,1-7H3,(H,88,101)(H,91,104)(H,92,102)(H4,86,87,90)/t52-,59+,67+,76+,82?/m1/s1. The van der Waals surface area contributed by atoms with E-state index in [2.05, 4.69) is 57.2 Å². The highest BCUT2D eigenvalue weighted by Gasteiger charge is 2.58. The summed E-state index contributed by atoms with van der Waals surface area (Å²) in [6.07, 6.45) is 6.91. The number of methoxy groups -OCH3 is 2. The highest BCUT2D eigenvalue weighted by molar-refractivity contribution is 6.08. The summed E-state index contributed by atoms with van der Waals surface area (Å²) in [6, 6.07) is 35.1. The van der Waals surface area contributed by atoms with Gasteiger partial charge in [0.2, 0.25) is 23.6 Å². The molecule has 10 N–H and O–H groups in total. The zero-order valence-electron chi connectivity index (χ0n) is 64.9. The zero-order valence-corrected chi connectivity index (χ0v) is 64.9. The number of ketones is 1. The number of hydrogen-bond donors (Lipinski definition) is 9. The lowest BCUT2D eigenvalue weighted by atomic mass is 9.92. The molecule has 113 heavy (non-hydrogen) atoms. The van der Waals surface area contributed by atoms with Crippen molar-refractivity contribution in [2.75, 3.05) is 55.6 Å². The molecule has 0 radical (unpaired) electrons. The summed E-state index contributed by atoms with van der Waals surface area (Å²) in [6.45, 7) is 11.3. The first-order valence-electron chi connectivity index (χ1n) is 38.9. The van der Waals surface area contributed by atoms with E-state index in [0.717, 1.165) is 68.2 Å². The van der Waals surface area contributed by atoms with E-state index in [9.17, 15) is 43.5 Å². The van der Waals surface area contributed by atoms with Crippen LogP contribution in [0.15, 0.2) is 133 Å². The van der Waals surface area contributed by atoms with Crippen LogP contribution in [0.25, 0.3) is 17.0 Å². The number of nitrogens with zero attached hydrogens (tertiary/aromatic N) is 6. The van der Waals surface area contributed by atoms with Gasteiger partial charge in [0.05, 0.1) is 91.7 Å². The first-order chi connectivity index (χ1) is 54.5. The first kappa shape index (κ1) is 79.3. The number of aliphatic imine (C=N–C) groups is 1. The van der Waals surface area contributed by atoms with Gasteiger partial charge in [-0.3, -0.25) is 49.0 Å². The van der Waals surface area contributed by atoms with Gasteiger partial charge in [0.15, 0.2) is 41.0 Å². The predicted octanol–water partition coefficient (Wildman–Crippen LogP) is 10.6. The zero-order chi connectivity index (χ0) is 79.8. The van der Waals surface area contributed by atoms with Gasteiger partial charge in [-0.15, -0.1) is 5.53 Å². The van der Waals surface area contributed by atoms with E-state index in [0.29, 0.717) is 112 Å². The molecule has 7 aliphatic rings. The maximum absolute atomic E-state index is 14.5. The fourth-order valence-corrected chi connectivity index (χ4v) is 15.5. The SMILES string of the molecule is COc1cc2c(cc1OCCCCCOc1cc3c(cc1OC)C(=O)N1CC4(CC4)C[C@H]1C(O)N3C(=O)OCc1ccc(NC(=O)[C@H](C)CC(=O)[C@@H](NC(=O)CCCCNC(=O)CCC(=O)N3Cc4ccccc4C4=C(NNN4C(C)C)c4ccccc43)C(C)C)cc1)N=C[C@@H]1CC(c3ccc(CNC(=N)N)cc3)=CN1C2=O. The molecule has 594 valence electrons. The maximum Gasteiger partial charge on any atom is 0.416 e. The lowest BCUT2D eigenvalue weighted by Crippen LogP contribution is -2.50. The number of anilines is 3.